The van der Waals surface area contributed by atoms with Crippen molar-refractivity contribution in [3.8, 4) is 0 Å². The monoisotopic (exact) mass is 230 g/mol. The molecule has 0 aliphatic carbocycles. The van der Waals surface area contributed by atoms with Crippen molar-refractivity contribution in [1.29, 1.82) is 0 Å². The molecule has 0 aliphatic heterocycles. The molecule has 0 saturated heterocycles. The molecule has 0 heterocycles. The van der Waals surface area contributed by atoms with E-state index in [0.717, 1.165) is 6.42 Å². The van der Waals surface area contributed by atoms with Gasteiger partial charge in [0, 0.05) is 12.6 Å². The third kappa shape index (κ3) is 5.58. The van der Waals surface area contributed by atoms with Gasteiger partial charge in [-0.3, -0.25) is 4.79 Å². The number of carbonyl (C=O) groups is 2. The second-order valence-electron chi connectivity index (χ2n) is 4.36. The number of carboxylic acid groups (broad SMARTS) is 1. The van der Waals surface area contributed by atoms with E-state index in [2.05, 4.69) is 5.32 Å². The molecular formula is C11H22N2O3. The predicted molar refractivity (Wildman–Crippen MR) is 62.3 cm³/mol. The molecule has 2 amide bonds. The minimum Gasteiger partial charge on any atom is -0.480 e. The summed E-state index contributed by atoms with van der Waals surface area (Å²) in [6.45, 7) is 8.06. The van der Waals surface area contributed by atoms with Gasteiger partial charge in [-0.25, -0.2) is 4.79 Å². The average Bonchev–Trinajstić information content (AvgIpc) is 2.21. The highest BCUT2D eigenvalue weighted by Gasteiger charge is 2.21. The van der Waals surface area contributed by atoms with Crippen LogP contribution in [0.4, 0.5) is 4.79 Å². The summed E-state index contributed by atoms with van der Waals surface area (Å²) in [5, 5.41) is 11.5. The molecule has 1 unspecified atom stereocenters. The maximum atomic E-state index is 11.7. The summed E-state index contributed by atoms with van der Waals surface area (Å²) < 4.78 is 0. The normalized spacial score (nSPS) is 12.3. The lowest BCUT2D eigenvalue weighted by molar-refractivity contribution is -0.138. The topological polar surface area (TPSA) is 69.6 Å². The summed E-state index contributed by atoms with van der Waals surface area (Å²) in [7, 11) is 0. The van der Waals surface area contributed by atoms with Gasteiger partial charge < -0.3 is 15.3 Å². The number of aliphatic carboxylic acids is 1. The molecule has 0 aromatic rings. The van der Waals surface area contributed by atoms with E-state index in [0.29, 0.717) is 12.5 Å². The van der Waals surface area contributed by atoms with Crippen molar-refractivity contribution in [3.05, 3.63) is 0 Å². The Bertz CT molecular complexity index is 241. The highest BCUT2D eigenvalue weighted by atomic mass is 16.4. The molecule has 0 bridgehead atoms. The first-order valence-electron chi connectivity index (χ1n) is 5.64. The zero-order valence-electron chi connectivity index (χ0n) is 10.5. The van der Waals surface area contributed by atoms with Gasteiger partial charge in [-0.15, -0.1) is 0 Å². The fourth-order valence-corrected chi connectivity index (χ4v) is 1.19. The summed E-state index contributed by atoms with van der Waals surface area (Å²) in [6, 6.07) is -0.367. The van der Waals surface area contributed by atoms with Gasteiger partial charge in [-0.2, -0.15) is 0 Å². The van der Waals surface area contributed by atoms with E-state index in [1.807, 2.05) is 27.7 Å². The number of nitrogens with one attached hydrogen (secondary N) is 1. The van der Waals surface area contributed by atoms with Crippen LogP contribution in [0.1, 0.15) is 34.1 Å². The third-order valence-electron chi connectivity index (χ3n) is 2.35. The van der Waals surface area contributed by atoms with E-state index in [1.54, 1.807) is 0 Å². The molecule has 0 aromatic carbocycles. The summed E-state index contributed by atoms with van der Waals surface area (Å²) in [4.78, 5) is 23.7. The summed E-state index contributed by atoms with van der Waals surface area (Å²) in [5.41, 5.74) is 0. The summed E-state index contributed by atoms with van der Waals surface area (Å²) >= 11 is 0. The fraction of sp³-hybridized carbons (Fsp3) is 0.818. The van der Waals surface area contributed by atoms with Crippen LogP contribution in [0, 0.1) is 5.92 Å². The molecule has 0 saturated carbocycles. The Morgan fingerprint density at radius 3 is 2.25 bits per heavy atom. The highest BCUT2D eigenvalue weighted by molar-refractivity contribution is 5.80. The van der Waals surface area contributed by atoms with Crippen LogP contribution < -0.4 is 5.32 Å². The summed E-state index contributed by atoms with van der Waals surface area (Å²) in [6.07, 6.45) is 0.738. The van der Waals surface area contributed by atoms with E-state index in [-0.39, 0.29) is 18.6 Å². The number of hydrogen-bond donors (Lipinski definition) is 2. The molecule has 2 N–H and O–H groups in total. The molecule has 0 fully saturated rings. The molecule has 5 nitrogen and oxygen atoms in total. The highest BCUT2D eigenvalue weighted by Crippen LogP contribution is 2.04. The molecule has 0 rings (SSSR count). The largest absolute Gasteiger partial charge is 0.480 e. The Hall–Kier alpha value is -1.26. The first-order valence-corrected chi connectivity index (χ1v) is 5.64. The second-order valence-corrected chi connectivity index (χ2v) is 4.36. The second kappa shape index (κ2) is 7.09. The zero-order chi connectivity index (χ0) is 12.7. The lowest BCUT2D eigenvalue weighted by Gasteiger charge is -2.27. The van der Waals surface area contributed by atoms with Gasteiger partial charge >= 0.3 is 12.0 Å². The molecule has 94 valence electrons. The van der Waals surface area contributed by atoms with Crippen LogP contribution in [0.5, 0.6) is 0 Å². The van der Waals surface area contributed by atoms with Crippen molar-refractivity contribution in [2.45, 2.75) is 40.2 Å². The Labute approximate surface area is 96.8 Å². The number of rotatable bonds is 6. The van der Waals surface area contributed by atoms with E-state index >= 15 is 0 Å². The number of carbonyl (C=O) groups excluding carboxylic acids is 1. The standard InChI is InChI=1S/C11H22N2O3/c1-5-9(4)13(7-10(14)15)11(16)12-6-8(2)3/h8-9H,5-7H2,1-4H3,(H,12,16)(H,14,15). The molecule has 0 aromatic heterocycles. The van der Waals surface area contributed by atoms with Crippen LogP contribution in [0.15, 0.2) is 0 Å². The van der Waals surface area contributed by atoms with Gasteiger partial charge in [-0.05, 0) is 19.3 Å². The predicted octanol–water partition coefficient (Wildman–Crippen LogP) is 1.54. The van der Waals surface area contributed by atoms with Crippen molar-refractivity contribution in [3.63, 3.8) is 0 Å². The van der Waals surface area contributed by atoms with Crippen LogP contribution in [-0.4, -0.2) is 41.1 Å². The van der Waals surface area contributed by atoms with Crippen molar-refractivity contribution in [2.24, 2.45) is 5.92 Å². The van der Waals surface area contributed by atoms with E-state index in [4.69, 9.17) is 5.11 Å². The van der Waals surface area contributed by atoms with Gasteiger partial charge in [-0.1, -0.05) is 20.8 Å². The molecule has 0 radical (unpaired) electrons. The molecule has 0 spiro atoms. The SMILES string of the molecule is CCC(C)N(CC(=O)O)C(=O)NCC(C)C. The first kappa shape index (κ1) is 14.7. The molecule has 0 aliphatic rings. The first-order chi connectivity index (χ1) is 7.38. The quantitative estimate of drug-likeness (QED) is 0.727. The average molecular weight is 230 g/mol. The Morgan fingerprint density at radius 2 is 1.88 bits per heavy atom. The van der Waals surface area contributed by atoms with Crippen molar-refractivity contribution in [2.75, 3.05) is 13.1 Å². The molecule has 16 heavy (non-hydrogen) atoms. The Balaban J connectivity index is 4.37. The Morgan fingerprint density at radius 1 is 1.31 bits per heavy atom. The number of hydrogen-bond acceptors (Lipinski definition) is 2. The smallest absolute Gasteiger partial charge is 0.323 e. The van der Waals surface area contributed by atoms with Gasteiger partial charge in [0.25, 0.3) is 0 Å². The van der Waals surface area contributed by atoms with Gasteiger partial charge in [0.1, 0.15) is 6.54 Å². The molecule has 1 atom stereocenters. The van der Waals surface area contributed by atoms with Crippen molar-refractivity contribution in [1.82, 2.24) is 10.2 Å². The number of carboxylic acids is 1. The molecular weight excluding hydrogens is 208 g/mol. The van der Waals surface area contributed by atoms with Crippen molar-refractivity contribution < 1.29 is 14.7 Å². The van der Waals surface area contributed by atoms with Crippen LogP contribution in [-0.2, 0) is 4.79 Å². The van der Waals surface area contributed by atoms with Crippen molar-refractivity contribution >= 4 is 12.0 Å². The third-order valence-corrected chi connectivity index (χ3v) is 2.35. The Kier molecular flexibility index (Phi) is 6.53. The van der Waals surface area contributed by atoms with E-state index in [1.165, 1.54) is 4.90 Å². The van der Waals surface area contributed by atoms with E-state index in [9.17, 15) is 9.59 Å². The molecule has 5 heteroatoms. The van der Waals surface area contributed by atoms with Crippen LogP contribution in [0.3, 0.4) is 0 Å². The zero-order valence-corrected chi connectivity index (χ0v) is 10.5. The van der Waals surface area contributed by atoms with Crippen LogP contribution >= 0.6 is 0 Å². The van der Waals surface area contributed by atoms with Gasteiger partial charge in [0.15, 0.2) is 0 Å². The lowest BCUT2D eigenvalue weighted by Crippen LogP contribution is -2.48. The minimum atomic E-state index is -0.986. The van der Waals surface area contributed by atoms with Gasteiger partial charge in [0.05, 0.1) is 0 Å². The van der Waals surface area contributed by atoms with Gasteiger partial charge in [0.2, 0.25) is 0 Å². The van der Waals surface area contributed by atoms with Crippen LogP contribution in [0.25, 0.3) is 0 Å². The minimum absolute atomic E-state index is 0.0664. The van der Waals surface area contributed by atoms with Crippen LogP contribution in [0.2, 0.25) is 0 Å². The maximum Gasteiger partial charge on any atom is 0.323 e. The summed E-state index contributed by atoms with van der Waals surface area (Å²) in [5.74, 6) is -0.632. The van der Waals surface area contributed by atoms with E-state index < -0.39 is 5.97 Å². The maximum absolute atomic E-state index is 11.7. The fourth-order valence-electron chi connectivity index (χ4n) is 1.19. The number of nitrogens with zero attached hydrogens (tertiary/aromatic N) is 1. The number of urea groups is 1. The number of amides is 2. The lowest BCUT2D eigenvalue weighted by atomic mass is 10.2.